The highest BCUT2D eigenvalue weighted by molar-refractivity contribution is 6.45. The molecule has 2 aliphatic rings. The van der Waals surface area contributed by atoms with E-state index in [4.69, 9.17) is 4.74 Å². The van der Waals surface area contributed by atoms with Gasteiger partial charge in [-0.25, -0.2) is 4.90 Å². The molecule has 0 saturated carbocycles. The summed E-state index contributed by atoms with van der Waals surface area (Å²) in [6.45, 7) is 6.15. The number of benzene rings is 2. The smallest absolute Gasteiger partial charge is 0.282 e. The maximum absolute atomic E-state index is 13.6. The Morgan fingerprint density at radius 2 is 1.59 bits per heavy atom. The minimum absolute atomic E-state index is 0.268. The van der Waals surface area contributed by atoms with Gasteiger partial charge in [-0.15, -0.1) is 0 Å². The summed E-state index contributed by atoms with van der Waals surface area (Å²) in [4.78, 5) is 30.5. The summed E-state index contributed by atoms with van der Waals surface area (Å²) in [5.41, 5.74) is 2.27. The van der Waals surface area contributed by atoms with Gasteiger partial charge in [0, 0.05) is 13.1 Å². The molecule has 5 heteroatoms. The van der Waals surface area contributed by atoms with Crippen LogP contribution in [0.5, 0.6) is 5.75 Å². The van der Waals surface area contributed by atoms with E-state index in [1.54, 1.807) is 12.1 Å². The molecule has 1 saturated heterocycles. The van der Waals surface area contributed by atoms with E-state index in [9.17, 15) is 9.59 Å². The molecule has 2 heterocycles. The molecule has 0 N–H and O–H groups in total. The van der Waals surface area contributed by atoms with E-state index in [1.165, 1.54) is 4.90 Å². The Labute approximate surface area is 171 Å². The molecule has 0 aliphatic carbocycles. The normalized spacial score (nSPS) is 18.0. The summed E-state index contributed by atoms with van der Waals surface area (Å²) in [5, 5.41) is 0. The Bertz CT molecular complexity index is 944. The lowest BCUT2D eigenvalue weighted by molar-refractivity contribution is -0.120. The van der Waals surface area contributed by atoms with Gasteiger partial charge in [-0.3, -0.25) is 9.59 Å². The van der Waals surface area contributed by atoms with Crippen molar-refractivity contribution in [3.8, 4) is 5.75 Å². The molecule has 0 radical (unpaired) electrons. The van der Waals surface area contributed by atoms with Gasteiger partial charge in [0.05, 0.1) is 17.9 Å². The Morgan fingerprint density at radius 1 is 0.931 bits per heavy atom. The highest BCUT2D eigenvalue weighted by Gasteiger charge is 2.43. The minimum atomic E-state index is -0.290. The largest absolute Gasteiger partial charge is 0.492 e. The number of para-hydroxylation sites is 2. The third-order valence-electron chi connectivity index (χ3n) is 5.63. The third kappa shape index (κ3) is 3.53. The molecule has 2 aliphatic heterocycles. The standard InChI is InChI=1S/C24H26N2O3/c1-3-29-20-12-8-7-11-19(20)26-23(27)21(18-9-5-4-6-10-18)22(24(26)28)25-15-13-17(2)14-16-25/h4-12,17H,3,13-16H2,1-2H3. The summed E-state index contributed by atoms with van der Waals surface area (Å²) in [6, 6.07) is 16.7. The average molecular weight is 390 g/mol. The van der Waals surface area contributed by atoms with Crippen molar-refractivity contribution in [2.24, 2.45) is 5.92 Å². The molecule has 0 spiro atoms. The fourth-order valence-electron chi connectivity index (χ4n) is 4.05. The molecule has 5 nitrogen and oxygen atoms in total. The summed E-state index contributed by atoms with van der Waals surface area (Å²) < 4.78 is 5.70. The first kappa shape index (κ1) is 19.2. The van der Waals surface area contributed by atoms with Crippen LogP contribution in [0.15, 0.2) is 60.3 Å². The summed E-state index contributed by atoms with van der Waals surface area (Å²) in [7, 11) is 0. The lowest BCUT2D eigenvalue weighted by atomic mass is 9.97. The van der Waals surface area contributed by atoms with Gasteiger partial charge < -0.3 is 9.64 Å². The number of rotatable bonds is 5. The zero-order chi connectivity index (χ0) is 20.4. The van der Waals surface area contributed by atoms with Crippen LogP contribution in [0.1, 0.15) is 32.3 Å². The molecule has 2 amide bonds. The molecule has 0 atom stereocenters. The molecule has 1 fully saturated rings. The van der Waals surface area contributed by atoms with Crippen LogP contribution in [-0.4, -0.2) is 36.4 Å². The second-order valence-electron chi connectivity index (χ2n) is 7.61. The van der Waals surface area contributed by atoms with Crippen LogP contribution >= 0.6 is 0 Å². The van der Waals surface area contributed by atoms with Crippen LogP contribution in [-0.2, 0) is 9.59 Å². The number of likely N-dealkylation sites (tertiary alicyclic amines) is 1. The number of nitrogens with zero attached hydrogens (tertiary/aromatic N) is 2. The highest BCUT2D eigenvalue weighted by Crippen LogP contribution is 2.39. The van der Waals surface area contributed by atoms with Crippen molar-refractivity contribution < 1.29 is 14.3 Å². The van der Waals surface area contributed by atoms with Crippen molar-refractivity contribution in [3.05, 3.63) is 65.9 Å². The SMILES string of the molecule is CCOc1ccccc1N1C(=O)C(c2ccccc2)=C(N2CCC(C)CC2)C1=O. The molecule has 0 aromatic heterocycles. The van der Waals surface area contributed by atoms with E-state index in [-0.39, 0.29) is 11.8 Å². The minimum Gasteiger partial charge on any atom is -0.492 e. The topological polar surface area (TPSA) is 49.9 Å². The zero-order valence-electron chi connectivity index (χ0n) is 16.9. The Kier molecular flexibility index (Phi) is 5.38. The van der Waals surface area contributed by atoms with Crippen LogP contribution in [0.2, 0.25) is 0 Å². The number of hydrogen-bond acceptors (Lipinski definition) is 4. The number of imide groups is 1. The van der Waals surface area contributed by atoms with E-state index in [0.717, 1.165) is 31.5 Å². The number of hydrogen-bond donors (Lipinski definition) is 0. The molecular formula is C24H26N2O3. The van der Waals surface area contributed by atoms with Crippen LogP contribution < -0.4 is 9.64 Å². The summed E-state index contributed by atoms with van der Waals surface area (Å²) in [5.74, 6) is 0.615. The molecule has 2 aromatic carbocycles. The average Bonchev–Trinajstić information content (AvgIpc) is 3.00. The van der Waals surface area contributed by atoms with Crippen molar-refractivity contribution in [3.63, 3.8) is 0 Å². The van der Waals surface area contributed by atoms with Gasteiger partial charge in [-0.05, 0) is 43.4 Å². The molecule has 2 aromatic rings. The van der Waals surface area contributed by atoms with Gasteiger partial charge >= 0.3 is 0 Å². The molecule has 0 unspecified atom stereocenters. The lowest BCUT2D eigenvalue weighted by Crippen LogP contribution is -2.38. The highest BCUT2D eigenvalue weighted by atomic mass is 16.5. The van der Waals surface area contributed by atoms with Gasteiger partial charge in [-0.2, -0.15) is 0 Å². The molecule has 0 bridgehead atoms. The third-order valence-corrected chi connectivity index (χ3v) is 5.63. The quantitative estimate of drug-likeness (QED) is 0.721. The van der Waals surface area contributed by atoms with Gasteiger partial charge in [0.15, 0.2) is 0 Å². The van der Waals surface area contributed by atoms with Gasteiger partial charge in [0.25, 0.3) is 11.8 Å². The summed E-state index contributed by atoms with van der Waals surface area (Å²) >= 11 is 0. The Hall–Kier alpha value is -3.08. The summed E-state index contributed by atoms with van der Waals surface area (Å²) in [6.07, 6.45) is 2.03. The number of piperidine rings is 1. The number of carbonyl (C=O) groups is 2. The van der Waals surface area contributed by atoms with Crippen LogP contribution in [0.25, 0.3) is 5.57 Å². The van der Waals surface area contributed by atoms with E-state index in [2.05, 4.69) is 11.8 Å². The molecule has 150 valence electrons. The fourth-order valence-corrected chi connectivity index (χ4v) is 4.05. The van der Waals surface area contributed by atoms with E-state index in [1.807, 2.05) is 49.4 Å². The lowest BCUT2D eigenvalue weighted by Gasteiger charge is -2.32. The molecule has 29 heavy (non-hydrogen) atoms. The first-order valence-electron chi connectivity index (χ1n) is 10.3. The van der Waals surface area contributed by atoms with Gasteiger partial charge in [0.1, 0.15) is 11.4 Å². The number of amides is 2. The second-order valence-corrected chi connectivity index (χ2v) is 7.61. The van der Waals surface area contributed by atoms with E-state index in [0.29, 0.717) is 35.2 Å². The van der Waals surface area contributed by atoms with Crippen LogP contribution in [0, 0.1) is 5.92 Å². The van der Waals surface area contributed by atoms with Gasteiger partial charge in [-0.1, -0.05) is 49.4 Å². The van der Waals surface area contributed by atoms with Crippen LogP contribution in [0.3, 0.4) is 0 Å². The van der Waals surface area contributed by atoms with E-state index < -0.39 is 0 Å². The van der Waals surface area contributed by atoms with Crippen molar-refractivity contribution >= 4 is 23.1 Å². The van der Waals surface area contributed by atoms with Gasteiger partial charge in [0.2, 0.25) is 0 Å². The molecular weight excluding hydrogens is 364 g/mol. The monoisotopic (exact) mass is 390 g/mol. The Balaban J connectivity index is 1.80. The predicted octanol–water partition coefficient (Wildman–Crippen LogP) is 4.10. The van der Waals surface area contributed by atoms with Crippen molar-refractivity contribution in [1.29, 1.82) is 0 Å². The first-order chi connectivity index (χ1) is 14.1. The zero-order valence-corrected chi connectivity index (χ0v) is 16.9. The fraction of sp³-hybridized carbons (Fsp3) is 0.333. The number of anilines is 1. The van der Waals surface area contributed by atoms with Crippen molar-refractivity contribution in [2.75, 3.05) is 24.6 Å². The van der Waals surface area contributed by atoms with Crippen molar-refractivity contribution in [2.45, 2.75) is 26.7 Å². The van der Waals surface area contributed by atoms with Crippen molar-refractivity contribution in [1.82, 2.24) is 4.90 Å². The molecule has 4 rings (SSSR count). The number of ether oxygens (including phenoxy) is 1. The maximum atomic E-state index is 13.6. The second kappa shape index (κ2) is 8.11. The number of carbonyl (C=O) groups excluding carboxylic acids is 2. The Morgan fingerprint density at radius 3 is 2.28 bits per heavy atom. The van der Waals surface area contributed by atoms with Crippen LogP contribution in [0.4, 0.5) is 5.69 Å². The maximum Gasteiger partial charge on any atom is 0.282 e. The predicted molar refractivity (Wildman–Crippen MR) is 113 cm³/mol. The van der Waals surface area contributed by atoms with E-state index >= 15 is 0 Å². The first-order valence-corrected chi connectivity index (χ1v) is 10.3.